The summed E-state index contributed by atoms with van der Waals surface area (Å²) in [6, 6.07) is 6.40. The number of aromatic nitrogens is 1. The molecule has 1 heterocycles. The first kappa shape index (κ1) is 14.5. The second kappa shape index (κ2) is 5.59. The van der Waals surface area contributed by atoms with Crippen molar-refractivity contribution in [3.8, 4) is 5.75 Å². The van der Waals surface area contributed by atoms with E-state index in [-0.39, 0.29) is 17.3 Å². The van der Waals surface area contributed by atoms with E-state index in [0.29, 0.717) is 17.7 Å². The number of hydrogen-bond donors (Lipinski definition) is 2. The van der Waals surface area contributed by atoms with Crippen LogP contribution in [0.3, 0.4) is 0 Å². The van der Waals surface area contributed by atoms with Gasteiger partial charge in [-0.2, -0.15) is 0 Å². The smallest absolute Gasteiger partial charge is 0.139 e. The molecular formula is C16H18FNO2. The Kier molecular flexibility index (Phi) is 4.04. The molecule has 1 aromatic heterocycles. The zero-order valence-corrected chi connectivity index (χ0v) is 11.8. The molecule has 0 aliphatic carbocycles. The molecule has 0 aliphatic rings. The lowest BCUT2D eigenvalue weighted by molar-refractivity contribution is 0.189. The lowest BCUT2D eigenvalue weighted by atomic mass is 9.97. The zero-order valence-electron chi connectivity index (χ0n) is 11.8. The third-order valence-corrected chi connectivity index (χ3v) is 3.48. The summed E-state index contributed by atoms with van der Waals surface area (Å²) in [5, 5.41) is 19.2. The first-order valence-corrected chi connectivity index (χ1v) is 6.51. The van der Waals surface area contributed by atoms with E-state index in [1.165, 1.54) is 12.1 Å². The van der Waals surface area contributed by atoms with E-state index in [0.717, 1.165) is 11.1 Å². The molecule has 0 amide bonds. The highest BCUT2D eigenvalue weighted by Gasteiger charge is 2.13. The van der Waals surface area contributed by atoms with Crippen molar-refractivity contribution in [3.63, 3.8) is 0 Å². The molecule has 2 aromatic rings. The molecule has 0 bridgehead atoms. The molecule has 0 radical (unpaired) electrons. The molecule has 0 saturated heterocycles. The van der Waals surface area contributed by atoms with Crippen LogP contribution in [0.25, 0.3) is 0 Å². The second-order valence-corrected chi connectivity index (χ2v) is 5.03. The van der Waals surface area contributed by atoms with Gasteiger partial charge in [-0.05, 0) is 55.7 Å². The summed E-state index contributed by atoms with van der Waals surface area (Å²) in [5.41, 5.74) is 3.43. The Hall–Kier alpha value is -1.94. The quantitative estimate of drug-likeness (QED) is 0.904. The van der Waals surface area contributed by atoms with E-state index >= 15 is 0 Å². The number of halogens is 1. The van der Waals surface area contributed by atoms with Gasteiger partial charge in [0.2, 0.25) is 0 Å². The fourth-order valence-corrected chi connectivity index (χ4v) is 2.23. The molecule has 0 saturated carbocycles. The Bertz CT molecular complexity index is 639. The summed E-state index contributed by atoms with van der Waals surface area (Å²) >= 11 is 0. The molecule has 2 N–H and O–H groups in total. The molecule has 106 valence electrons. The molecule has 4 heteroatoms. The van der Waals surface area contributed by atoms with Gasteiger partial charge in [0.15, 0.2) is 0 Å². The first-order chi connectivity index (χ1) is 9.40. The number of benzene rings is 1. The summed E-state index contributed by atoms with van der Waals surface area (Å²) in [6.07, 6.45) is -0.375. The minimum absolute atomic E-state index is 0.0311. The van der Waals surface area contributed by atoms with Crippen LogP contribution in [-0.4, -0.2) is 15.2 Å². The minimum Gasteiger partial charge on any atom is -0.506 e. The highest BCUT2D eigenvalue weighted by molar-refractivity contribution is 5.39. The number of aryl methyl sites for hydroxylation is 1. The van der Waals surface area contributed by atoms with Crippen molar-refractivity contribution in [2.45, 2.75) is 33.3 Å². The largest absolute Gasteiger partial charge is 0.506 e. The number of aromatic hydroxyl groups is 1. The number of pyridine rings is 1. The monoisotopic (exact) mass is 275 g/mol. The fraction of sp³-hybridized carbons (Fsp3) is 0.312. The van der Waals surface area contributed by atoms with Crippen LogP contribution in [0.4, 0.5) is 4.39 Å². The third-order valence-electron chi connectivity index (χ3n) is 3.48. The summed E-state index contributed by atoms with van der Waals surface area (Å²) in [5.74, 6) is -0.267. The van der Waals surface area contributed by atoms with Crippen molar-refractivity contribution in [2.75, 3.05) is 0 Å². The normalized spacial score (nSPS) is 12.4. The zero-order chi connectivity index (χ0) is 14.9. The summed E-state index contributed by atoms with van der Waals surface area (Å²) in [6.45, 7) is 5.22. The maximum absolute atomic E-state index is 13.6. The third kappa shape index (κ3) is 2.80. The molecule has 0 fully saturated rings. The van der Waals surface area contributed by atoms with Crippen LogP contribution < -0.4 is 0 Å². The van der Waals surface area contributed by atoms with Crippen LogP contribution in [0.5, 0.6) is 5.75 Å². The van der Waals surface area contributed by atoms with Gasteiger partial charge in [0.1, 0.15) is 17.3 Å². The van der Waals surface area contributed by atoms with Gasteiger partial charge in [-0.3, -0.25) is 4.98 Å². The molecule has 1 atom stereocenters. The number of rotatable bonds is 3. The van der Waals surface area contributed by atoms with Crippen LogP contribution >= 0.6 is 0 Å². The Morgan fingerprint density at radius 2 is 1.90 bits per heavy atom. The minimum atomic E-state index is -0.843. The molecule has 0 spiro atoms. The first-order valence-electron chi connectivity index (χ1n) is 6.51. The fourth-order valence-electron chi connectivity index (χ4n) is 2.23. The Morgan fingerprint density at radius 3 is 2.55 bits per heavy atom. The maximum Gasteiger partial charge on any atom is 0.139 e. The van der Waals surface area contributed by atoms with Gasteiger partial charge >= 0.3 is 0 Å². The predicted molar refractivity (Wildman–Crippen MR) is 75.2 cm³/mol. The van der Waals surface area contributed by atoms with Crippen molar-refractivity contribution in [2.24, 2.45) is 0 Å². The summed E-state index contributed by atoms with van der Waals surface area (Å²) in [4.78, 5) is 4.26. The van der Waals surface area contributed by atoms with Crippen molar-refractivity contribution in [3.05, 3.63) is 58.2 Å². The molecule has 1 aromatic carbocycles. The standard InChI is InChI=1S/C16H18FNO2/c1-9-4-6-14(17)10(2)13(9)8-12-5-7-15(20)16(18-12)11(3)19/h4-7,11,19-20H,8H2,1-3H3. The van der Waals surface area contributed by atoms with Crippen LogP contribution in [0.2, 0.25) is 0 Å². The van der Waals surface area contributed by atoms with Crippen molar-refractivity contribution in [1.82, 2.24) is 4.98 Å². The molecule has 0 aliphatic heterocycles. The number of nitrogens with zero attached hydrogens (tertiary/aromatic N) is 1. The molecule has 20 heavy (non-hydrogen) atoms. The lowest BCUT2D eigenvalue weighted by Crippen LogP contribution is -2.03. The lowest BCUT2D eigenvalue weighted by Gasteiger charge is -2.12. The average molecular weight is 275 g/mol. The Morgan fingerprint density at radius 1 is 1.20 bits per heavy atom. The van der Waals surface area contributed by atoms with Crippen molar-refractivity contribution >= 4 is 0 Å². The van der Waals surface area contributed by atoms with Crippen LogP contribution in [0, 0.1) is 19.7 Å². The SMILES string of the molecule is Cc1ccc(F)c(C)c1Cc1ccc(O)c(C(C)O)n1. The van der Waals surface area contributed by atoms with Crippen LogP contribution in [-0.2, 0) is 6.42 Å². The number of hydrogen-bond acceptors (Lipinski definition) is 3. The van der Waals surface area contributed by atoms with Gasteiger partial charge in [0, 0.05) is 12.1 Å². The molecule has 1 unspecified atom stereocenters. The van der Waals surface area contributed by atoms with E-state index in [1.54, 1.807) is 26.0 Å². The summed E-state index contributed by atoms with van der Waals surface area (Å²) in [7, 11) is 0. The molecular weight excluding hydrogens is 257 g/mol. The molecule has 2 rings (SSSR count). The topological polar surface area (TPSA) is 53.4 Å². The number of aliphatic hydroxyl groups is 1. The predicted octanol–water partition coefficient (Wildman–Crippen LogP) is 3.19. The molecule has 3 nitrogen and oxygen atoms in total. The van der Waals surface area contributed by atoms with Crippen LogP contribution in [0.15, 0.2) is 24.3 Å². The number of aliphatic hydroxyl groups excluding tert-OH is 1. The highest BCUT2D eigenvalue weighted by atomic mass is 19.1. The van der Waals surface area contributed by atoms with E-state index < -0.39 is 6.10 Å². The van der Waals surface area contributed by atoms with E-state index in [1.807, 2.05) is 6.92 Å². The van der Waals surface area contributed by atoms with Gasteiger partial charge in [-0.1, -0.05) is 6.07 Å². The van der Waals surface area contributed by atoms with Crippen LogP contribution in [0.1, 0.15) is 41.1 Å². The summed E-state index contributed by atoms with van der Waals surface area (Å²) < 4.78 is 13.6. The van der Waals surface area contributed by atoms with E-state index in [2.05, 4.69) is 4.98 Å². The van der Waals surface area contributed by atoms with E-state index in [4.69, 9.17) is 0 Å². The van der Waals surface area contributed by atoms with Gasteiger partial charge in [0.25, 0.3) is 0 Å². The maximum atomic E-state index is 13.6. The second-order valence-electron chi connectivity index (χ2n) is 5.03. The van der Waals surface area contributed by atoms with Gasteiger partial charge < -0.3 is 10.2 Å². The van der Waals surface area contributed by atoms with E-state index in [9.17, 15) is 14.6 Å². The van der Waals surface area contributed by atoms with Gasteiger partial charge in [-0.15, -0.1) is 0 Å². The highest BCUT2D eigenvalue weighted by Crippen LogP contribution is 2.25. The Labute approximate surface area is 117 Å². The van der Waals surface area contributed by atoms with Gasteiger partial charge in [-0.25, -0.2) is 4.39 Å². The average Bonchev–Trinajstić information content (AvgIpc) is 2.40. The van der Waals surface area contributed by atoms with Crippen molar-refractivity contribution in [1.29, 1.82) is 0 Å². The van der Waals surface area contributed by atoms with Gasteiger partial charge in [0.05, 0.1) is 6.10 Å². The Balaban J connectivity index is 2.41. The van der Waals surface area contributed by atoms with Crippen molar-refractivity contribution < 1.29 is 14.6 Å².